The first-order valence-electron chi connectivity index (χ1n) is 8.43. The predicted molar refractivity (Wildman–Crippen MR) is 96.5 cm³/mol. The summed E-state index contributed by atoms with van der Waals surface area (Å²) in [5.41, 5.74) is 2.37. The molecule has 2 N–H and O–H groups in total. The molecule has 2 aromatic rings. The Morgan fingerprint density at radius 1 is 1.08 bits per heavy atom. The SMILES string of the molecule is CC(NS(=O)(=O)c1ccccc1)C(=O)NC1CCCc2ccccc21. The molecule has 1 aliphatic rings. The van der Waals surface area contributed by atoms with E-state index in [9.17, 15) is 13.2 Å². The van der Waals surface area contributed by atoms with Crippen LogP contribution in [-0.2, 0) is 21.2 Å². The summed E-state index contributed by atoms with van der Waals surface area (Å²) in [4.78, 5) is 12.6. The summed E-state index contributed by atoms with van der Waals surface area (Å²) >= 11 is 0. The van der Waals surface area contributed by atoms with Crippen molar-refractivity contribution < 1.29 is 13.2 Å². The van der Waals surface area contributed by atoms with Gasteiger partial charge in [-0.3, -0.25) is 4.79 Å². The second-order valence-corrected chi connectivity index (χ2v) is 8.02. The van der Waals surface area contributed by atoms with Gasteiger partial charge < -0.3 is 5.32 Å². The first kappa shape index (κ1) is 17.6. The van der Waals surface area contributed by atoms with Crippen LogP contribution in [0.15, 0.2) is 59.5 Å². The quantitative estimate of drug-likeness (QED) is 0.862. The molecule has 132 valence electrons. The Balaban J connectivity index is 1.68. The average Bonchev–Trinajstić information content (AvgIpc) is 2.62. The number of nitrogens with one attached hydrogen (secondary N) is 2. The largest absolute Gasteiger partial charge is 0.348 e. The average molecular weight is 358 g/mol. The molecule has 2 atom stereocenters. The zero-order chi connectivity index (χ0) is 17.9. The first-order chi connectivity index (χ1) is 12.0. The Morgan fingerprint density at radius 2 is 1.76 bits per heavy atom. The lowest BCUT2D eigenvalue weighted by atomic mass is 9.87. The number of carbonyl (C=O) groups is 1. The number of carbonyl (C=O) groups excluding carboxylic acids is 1. The molecule has 0 radical (unpaired) electrons. The molecule has 1 amide bonds. The van der Waals surface area contributed by atoms with Crippen molar-refractivity contribution in [2.24, 2.45) is 0 Å². The van der Waals surface area contributed by atoms with Crippen molar-refractivity contribution in [2.75, 3.05) is 0 Å². The number of benzene rings is 2. The van der Waals surface area contributed by atoms with Crippen LogP contribution in [0.4, 0.5) is 0 Å². The summed E-state index contributed by atoms with van der Waals surface area (Å²) in [7, 11) is -3.72. The van der Waals surface area contributed by atoms with Crippen molar-refractivity contribution in [1.29, 1.82) is 0 Å². The number of aryl methyl sites for hydroxylation is 1. The van der Waals surface area contributed by atoms with Gasteiger partial charge in [0.05, 0.1) is 17.0 Å². The van der Waals surface area contributed by atoms with Gasteiger partial charge in [-0.25, -0.2) is 8.42 Å². The Kier molecular flexibility index (Phi) is 5.20. The molecule has 0 heterocycles. The van der Waals surface area contributed by atoms with Gasteiger partial charge in [-0.05, 0) is 49.4 Å². The Labute approximate surface area is 148 Å². The molecule has 0 bridgehead atoms. The van der Waals surface area contributed by atoms with Gasteiger partial charge in [0.2, 0.25) is 15.9 Å². The highest BCUT2D eigenvalue weighted by molar-refractivity contribution is 7.89. The third kappa shape index (κ3) is 4.08. The number of sulfonamides is 1. The summed E-state index contributed by atoms with van der Waals surface area (Å²) in [6, 6.07) is 15.2. The lowest BCUT2D eigenvalue weighted by molar-refractivity contribution is -0.123. The van der Waals surface area contributed by atoms with E-state index < -0.39 is 16.1 Å². The van der Waals surface area contributed by atoms with Gasteiger partial charge in [0, 0.05) is 0 Å². The third-order valence-corrected chi connectivity index (χ3v) is 6.02. The van der Waals surface area contributed by atoms with E-state index in [4.69, 9.17) is 0 Å². The first-order valence-corrected chi connectivity index (χ1v) is 9.91. The topological polar surface area (TPSA) is 75.3 Å². The summed E-state index contributed by atoms with van der Waals surface area (Å²) < 4.78 is 27.1. The second kappa shape index (κ2) is 7.37. The molecule has 0 saturated heterocycles. The number of hydrogen-bond donors (Lipinski definition) is 2. The molecule has 0 saturated carbocycles. The van der Waals surface area contributed by atoms with E-state index in [-0.39, 0.29) is 16.8 Å². The number of hydrogen-bond acceptors (Lipinski definition) is 3. The van der Waals surface area contributed by atoms with Crippen LogP contribution in [0.5, 0.6) is 0 Å². The Morgan fingerprint density at radius 3 is 2.52 bits per heavy atom. The minimum Gasteiger partial charge on any atom is -0.348 e. The maximum atomic E-state index is 12.5. The maximum absolute atomic E-state index is 12.5. The molecule has 0 aromatic heterocycles. The van der Waals surface area contributed by atoms with Crippen molar-refractivity contribution in [3.8, 4) is 0 Å². The number of rotatable bonds is 5. The van der Waals surface area contributed by atoms with Crippen molar-refractivity contribution in [3.05, 3.63) is 65.7 Å². The molecular formula is C19H22N2O3S. The zero-order valence-corrected chi connectivity index (χ0v) is 14.9. The normalized spacial score (nSPS) is 18.2. The molecule has 25 heavy (non-hydrogen) atoms. The van der Waals surface area contributed by atoms with Crippen LogP contribution in [0.2, 0.25) is 0 Å². The van der Waals surface area contributed by atoms with Gasteiger partial charge in [0.1, 0.15) is 0 Å². The van der Waals surface area contributed by atoms with Gasteiger partial charge in [-0.2, -0.15) is 4.72 Å². The summed E-state index contributed by atoms with van der Waals surface area (Å²) in [5, 5.41) is 2.98. The van der Waals surface area contributed by atoms with Crippen molar-refractivity contribution >= 4 is 15.9 Å². The molecule has 2 unspecified atom stereocenters. The summed E-state index contributed by atoms with van der Waals surface area (Å²) in [6.07, 6.45) is 2.88. The monoisotopic (exact) mass is 358 g/mol. The van der Waals surface area contributed by atoms with Gasteiger partial charge in [-0.15, -0.1) is 0 Å². The van der Waals surface area contributed by atoms with Gasteiger partial charge in [0.25, 0.3) is 0 Å². The van der Waals surface area contributed by atoms with Crippen LogP contribution in [0, 0.1) is 0 Å². The van der Waals surface area contributed by atoms with Crippen LogP contribution in [0.1, 0.15) is 36.9 Å². The summed E-state index contributed by atoms with van der Waals surface area (Å²) in [5.74, 6) is -0.318. The summed E-state index contributed by atoms with van der Waals surface area (Å²) in [6.45, 7) is 1.56. The molecule has 2 aromatic carbocycles. The number of amides is 1. The molecule has 6 heteroatoms. The molecular weight excluding hydrogens is 336 g/mol. The van der Waals surface area contributed by atoms with Crippen LogP contribution >= 0.6 is 0 Å². The van der Waals surface area contributed by atoms with E-state index in [0.29, 0.717) is 0 Å². The van der Waals surface area contributed by atoms with Crippen molar-refractivity contribution in [1.82, 2.24) is 10.0 Å². The Hall–Kier alpha value is -2.18. The fourth-order valence-corrected chi connectivity index (χ4v) is 4.38. The number of fused-ring (bicyclic) bond motifs is 1. The zero-order valence-electron chi connectivity index (χ0n) is 14.1. The van der Waals surface area contributed by atoms with E-state index in [1.165, 1.54) is 17.7 Å². The van der Waals surface area contributed by atoms with Crippen LogP contribution in [-0.4, -0.2) is 20.4 Å². The molecule has 3 rings (SSSR count). The molecule has 0 fully saturated rings. The van der Waals surface area contributed by atoms with E-state index >= 15 is 0 Å². The van der Waals surface area contributed by atoms with Gasteiger partial charge in [-0.1, -0.05) is 42.5 Å². The second-order valence-electron chi connectivity index (χ2n) is 6.31. The van der Waals surface area contributed by atoms with Gasteiger partial charge >= 0.3 is 0 Å². The van der Waals surface area contributed by atoms with Gasteiger partial charge in [0.15, 0.2) is 0 Å². The highest BCUT2D eigenvalue weighted by atomic mass is 32.2. The molecule has 0 spiro atoms. The van der Waals surface area contributed by atoms with Crippen molar-refractivity contribution in [2.45, 2.75) is 43.2 Å². The van der Waals surface area contributed by atoms with E-state index in [0.717, 1.165) is 24.8 Å². The molecule has 0 aliphatic heterocycles. The standard InChI is InChI=1S/C19H22N2O3S/c1-14(21-25(23,24)16-10-3-2-4-11-16)19(22)20-18-13-7-9-15-8-5-6-12-17(15)18/h2-6,8,10-12,14,18,21H,7,9,13H2,1H3,(H,20,22). The third-order valence-electron chi connectivity index (χ3n) is 4.46. The lowest BCUT2D eigenvalue weighted by Gasteiger charge is -2.27. The maximum Gasteiger partial charge on any atom is 0.241 e. The fraction of sp³-hybridized carbons (Fsp3) is 0.316. The van der Waals surface area contributed by atoms with Crippen LogP contribution in [0.25, 0.3) is 0 Å². The van der Waals surface area contributed by atoms with E-state index in [1.807, 2.05) is 18.2 Å². The Bertz CT molecular complexity index is 850. The predicted octanol–water partition coefficient (Wildman–Crippen LogP) is 2.55. The fourth-order valence-electron chi connectivity index (χ4n) is 3.15. The molecule has 1 aliphatic carbocycles. The van der Waals surface area contributed by atoms with Crippen LogP contribution < -0.4 is 10.0 Å². The highest BCUT2D eigenvalue weighted by Crippen LogP contribution is 2.29. The minimum atomic E-state index is -3.72. The van der Waals surface area contributed by atoms with Crippen LogP contribution in [0.3, 0.4) is 0 Å². The van der Waals surface area contributed by atoms with Crippen molar-refractivity contribution in [3.63, 3.8) is 0 Å². The minimum absolute atomic E-state index is 0.0684. The van der Waals surface area contributed by atoms with E-state index in [1.54, 1.807) is 25.1 Å². The van der Waals surface area contributed by atoms with E-state index in [2.05, 4.69) is 16.1 Å². The molecule has 5 nitrogen and oxygen atoms in total. The highest BCUT2D eigenvalue weighted by Gasteiger charge is 2.26. The smallest absolute Gasteiger partial charge is 0.241 e. The lowest BCUT2D eigenvalue weighted by Crippen LogP contribution is -2.46.